The number of nitrogens with zero attached hydrogens (tertiary/aromatic N) is 3. The van der Waals surface area contributed by atoms with Crippen molar-refractivity contribution in [3.8, 4) is 28.9 Å². The fourth-order valence-electron chi connectivity index (χ4n) is 2.97. The average Bonchev–Trinajstić information content (AvgIpc) is 3.43. The van der Waals surface area contributed by atoms with Gasteiger partial charge in [-0.3, -0.25) is 14.6 Å². The maximum atomic E-state index is 12.6. The van der Waals surface area contributed by atoms with Gasteiger partial charge in [-0.15, -0.1) is 0 Å². The van der Waals surface area contributed by atoms with Crippen molar-refractivity contribution < 1.29 is 18.7 Å². The third-order valence-electron chi connectivity index (χ3n) is 4.31. The summed E-state index contributed by atoms with van der Waals surface area (Å²) < 4.78 is 17.7. The molecule has 164 valence electrons. The van der Waals surface area contributed by atoms with Crippen LogP contribution in [0.2, 0.25) is 0 Å². The third kappa shape index (κ3) is 4.86. The van der Waals surface area contributed by atoms with Crippen LogP contribution < -0.4 is 20.3 Å². The molecule has 0 saturated carbocycles. The number of carbonyl (C=O) groups excluding carboxylic acids is 1. The second-order valence-corrected chi connectivity index (χ2v) is 6.76. The largest absolute Gasteiger partial charge is 0.494 e. The molecule has 0 spiro atoms. The number of carbonyl (C=O) groups is 1. The van der Waals surface area contributed by atoms with Crippen LogP contribution in [0.4, 0.5) is 5.82 Å². The molecule has 4 aromatic rings. The molecule has 0 atom stereocenters. The first-order chi connectivity index (χ1) is 15.5. The number of hydrogen-bond acceptors (Lipinski definition) is 7. The van der Waals surface area contributed by atoms with E-state index < -0.39 is 5.91 Å². The van der Waals surface area contributed by atoms with E-state index in [1.165, 1.54) is 17.0 Å². The number of hydrogen-bond donors (Lipinski definition) is 2. The Morgan fingerprint density at radius 3 is 2.56 bits per heavy atom. The van der Waals surface area contributed by atoms with Gasteiger partial charge in [-0.25, -0.2) is 4.98 Å². The Kier molecular flexibility index (Phi) is 6.02. The number of aromatic amines is 1. The molecule has 0 saturated heterocycles. The summed E-state index contributed by atoms with van der Waals surface area (Å²) in [5.74, 6) is 1.79. The summed E-state index contributed by atoms with van der Waals surface area (Å²) >= 11 is 0. The Balaban J connectivity index is 1.53. The highest BCUT2D eigenvalue weighted by atomic mass is 16.5. The SMILES string of the molecule is CCOc1ccc(OCC(=O)Nc2cc(-c3ccco3)nn2-c2nc(C)cc(=O)[nH]2)cc1. The van der Waals surface area contributed by atoms with Crippen molar-refractivity contribution in [1.82, 2.24) is 19.7 Å². The number of aryl methyl sites for hydroxylation is 1. The van der Waals surface area contributed by atoms with Crippen LogP contribution in [0, 0.1) is 6.92 Å². The standard InChI is InChI=1S/C22H21N5O5/c1-3-30-15-6-8-16(9-7-15)32-13-21(29)24-19-12-17(18-5-4-10-31-18)26-27(19)22-23-14(2)11-20(28)25-22/h4-12H,3,13H2,1-2H3,(H,24,29)(H,23,25,28). The lowest BCUT2D eigenvalue weighted by atomic mass is 10.3. The van der Waals surface area contributed by atoms with Crippen LogP contribution in [0.1, 0.15) is 12.6 Å². The minimum Gasteiger partial charge on any atom is -0.494 e. The van der Waals surface area contributed by atoms with Gasteiger partial charge in [0.05, 0.1) is 12.9 Å². The van der Waals surface area contributed by atoms with Crippen molar-refractivity contribution in [2.45, 2.75) is 13.8 Å². The third-order valence-corrected chi connectivity index (χ3v) is 4.31. The molecule has 0 bridgehead atoms. The first-order valence-corrected chi connectivity index (χ1v) is 9.89. The Hall–Kier alpha value is -4.34. The van der Waals surface area contributed by atoms with Crippen LogP contribution in [0.5, 0.6) is 11.5 Å². The summed E-state index contributed by atoms with van der Waals surface area (Å²) in [5, 5.41) is 7.16. The zero-order valence-corrected chi connectivity index (χ0v) is 17.5. The van der Waals surface area contributed by atoms with Crippen LogP contribution in [0.25, 0.3) is 17.4 Å². The van der Waals surface area contributed by atoms with Gasteiger partial charge in [-0.1, -0.05) is 0 Å². The highest BCUT2D eigenvalue weighted by Crippen LogP contribution is 2.24. The number of furan rings is 1. The first kappa shape index (κ1) is 20.9. The Bertz CT molecular complexity index is 1260. The van der Waals surface area contributed by atoms with E-state index in [1.54, 1.807) is 49.4 Å². The molecule has 2 N–H and O–H groups in total. The van der Waals surface area contributed by atoms with Crippen LogP contribution in [0.15, 0.2) is 64.0 Å². The second-order valence-electron chi connectivity index (χ2n) is 6.76. The molecule has 0 unspecified atom stereocenters. The lowest BCUT2D eigenvalue weighted by molar-refractivity contribution is -0.118. The summed E-state index contributed by atoms with van der Waals surface area (Å²) in [6.45, 7) is 3.93. The number of aromatic nitrogens is 4. The summed E-state index contributed by atoms with van der Waals surface area (Å²) in [4.78, 5) is 31.4. The number of amides is 1. The Labute approximate surface area is 182 Å². The molecular formula is C22H21N5O5. The number of benzene rings is 1. The van der Waals surface area contributed by atoms with Crippen molar-refractivity contribution in [2.75, 3.05) is 18.5 Å². The fraction of sp³-hybridized carbons (Fsp3) is 0.182. The summed E-state index contributed by atoms with van der Waals surface area (Å²) in [6, 6.07) is 13.4. The quantitative estimate of drug-likeness (QED) is 0.436. The van der Waals surface area contributed by atoms with E-state index >= 15 is 0 Å². The van der Waals surface area contributed by atoms with E-state index in [4.69, 9.17) is 13.9 Å². The zero-order valence-electron chi connectivity index (χ0n) is 17.5. The lowest BCUT2D eigenvalue weighted by Crippen LogP contribution is -2.23. The Morgan fingerprint density at radius 2 is 1.91 bits per heavy atom. The molecule has 10 nitrogen and oxygen atoms in total. The second kappa shape index (κ2) is 9.21. The van der Waals surface area contributed by atoms with Crippen molar-refractivity contribution in [3.05, 3.63) is 70.8 Å². The smallest absolute Gasteiger partial charge is 0.263 e. The molecule has 4 rings (SSSR count). The van der Waals surface area contributed by atoms with Gasteiger partial charge in [0.15, 0.2) is 12.4 Å². The van der Waals surface area contributed by atoms with Crippen LogP contribution in [-0.4, -0.2) is 38.9 Å². The number of rotatable bonds is 8. The van der Waals surface area contributed by atoms with Crippen molar-refractivity contribution >= 4 is 11.7 Å². The van der Waals surface area contributed by atoms with Gasteiger partial charge >= 0.3 is 0 Å². The zero-order chi connectivity index (χ0) is 22.5. The highest BCUT2D eigenvalue weighted by Gasteiger charge is 2.17. The van der Waals surface area contributed by atoms with Crippen molar-refractivity contribution in [2.24, 2.45) is 0 Å². The minimum absolute atomic E-state index is 0.163. The minimum atomic E-state index is -0.416. The molecule has 0 aliphatic heterocycles. The molecular weight excluding hydrogens is 414 g/mol. The van der Waals surface area contributed by atoms with Gasteiger partial charge in [0.25, 0.3) is 11.5 Å². The maximum absolute atomic E-state index is 12.6. The predicted octanol–water partition coefficient (Wildman–Crippen LogP) is 2.94. The average molecular weight is 435 g/mol. The summed E-state index contributed by atoms with van der Waals surface area (Å²) in [7, 11) is 0. The number of anilines is 1. The van der Waals surface area contributed by atoms with Crippen molar-refractivity contribution in [3.63, 3.8) is 0 Å². The van der Waals surface area contributed by atoms with Gasteiger partial charge in [-0.05, 0) is 50.2 Å². The Morgan fingerprint density at radius 1 is 1.16 bits per heavy atom. The number of H-pyrrole nitrogens is 1. The van der Waals surface area contributed by atoms with Gasteiger partial charge in [0, 0.05) is 17.8 Å². The molecule has 1 amide bonds. The van der Waals surface area contributed by atoms with Gasteiger partial charge in [0.1, 0.15) is 23.0 Å². The lowest BCUT2D eigenvalue weighted by Gasteiger charge is -2.10. The molecule has 0 aliphatic carbocycles. The number of ether oxygens (including phenoxy) is 2. The highest BCUT2D eigenvalue weighted by molar-refractivity contribution is 5.91. The van der Waals surface area contributed by atoms with E-state index in [0.717, 1.165) is 5.75 Å². The number of nitrogens with one attached hydrogen (secondary N) is 2. The molecule has 1 aromatic carbocycles. The predicted molar refractivity (Wildman–Crippen MR) is 116 cm³/mol. The monoisotopic (exact) mass is 435 g/mol. The van der Waals surface area contributed by atoms with Gasteiger partial charge < -0.3 is 19.2 Å². The van der Waals surface area contributed by atoms with E-state index in [0.29, 0.717) is 35.3 Å². The molecule has 10 heteroatoms. The van der Waals surface area contributed by atoms with E-state index in [1.807, 2.05) is 6.92 Å². The van der Waals surface area contributed by atoms with Crippen molar-refractivity contribution in [1.29, 1.82) is 0 Å². The van der Waals surface area contributed by atoms with Gasteiger partial charge in [0.2, 0.25) is 5.95 Å². The molecule has 3 aromatic heterocycles. The maximum Gasteiger partial charge on any atom is 0.263 e. The fourth-order valence-corrected chi connectivity index (χ4v) is 2.97. The molecule has 3 heterocycles. The molecule has 0 radical (unpaired) electrons. The first-order valence-electron chi connectivity index (χ1n) is 9.89. The molecule has 0 aliphatic rings. The van der Waals surface area contributed by atoms with E-state index in [-0.39, 0.29) is 18.1 Å². The molecule has 0 fully saturated rings. The topological polar surface area (TPSA) is 124 Å². The van der Waals surface area contributed by atoms with E-state index in [9.17, 15) is 9.59 Å². The summed E-state index contributed by atoms with van der Waals surface area (Å²) in [6.07, 6.45) is 1.52. The normalized spacial score (nSPS) is 10.7. The van der Waals surface area contributed by atoms with Crippen LogP contribution in [0.3, 0.4) is 0 Å². The van der Waals surface area contributed by atoms with Crippen LogP contribution in [-0.2, 0) is 4.79 Å². The molecule has 32 heavy (non-hydrogen) atoms. The van der Waals surface area contributed by atoms with Crippen LogP contribution >= 0.6 is 0 Å². The van der Waals surface area contributed by atoms with Gasteiger partial charge in [-0.2, -0.15) is 9.78 Å². The summed E-state index contributed by atoms with van der Waals surface area (Å²) in [5.41, 5.74) is 0.635. The van der Waals surface area contributed by atoms with E-state index in [2.05, 4.69) is 20.4 Å².